The molecule has 0 aromatic heterocycles. The number of anilines is 1. The minimum absolute atomic E-state index is 0.101. The van der Waals surface area contributed by atoms with E-state index in [4.69, 9.17) is 0 Å². The van der Waals surface area contributed by atoms with E-state index in [0.717, 1.165) is 17.8 Å². The summed E-state index contributed by atoms with van der Waals surface area (Å²) in [5, 5.41) is 3.40. The van der Waals surface area contributed by atoms with Gasteiger partial charge in [-0.1, -0.05) is 37.3 Å². The second-order valence-corrected chi connectivity index (χ2v) is 4.83. The van der Waals surface area contributed by atoms with Crippen molar-refractivity contribution in [2.24, 2.45) is 0 Å². The molecule has 0 fully saturated rings. The maximum atomic E-state index is 11.2. The maximum absolute atomic E-state index is 11.2. The molecule has 0 spiro atoms. The lowest BCUT2D eigenvalue weighted by atomic mass is 10.0. The monoisotopic (exact) mass is 253 g/mol. The van der Waals surface area contributed by atoms with Crippen molar-refractivity contribution in [3.8, 4) is 0 Å². The summed E-state index contributed by atoms with van der Waals surface area (Å²) in [5.74, 6) is 0.554. The van der Waals surface area contributed by atoms with Crippen LogP contribution >= 0.6 is 0 Å². The zero-order valence-electron chi connectivity index (χ0n) is 11.4. The van der Waals surface area contributed by atoms with Crippen LogP contribution in [-0.2, 0) is 0 Å². The Labute approximate surface area is 114 Å². The lowest BCUT2D eigenvalue weighted by molar-refractivity contribution is 0.101. The molecule has 1 atom stereocenters. The topological polar surface area (TPSA) is 29.1 Å². The number of nitrogens with one attached hydrogen (secondary N) is 1. The predicted octanol–water partition coefficient (Wildman–Crippen LogP) is 4.10. The first-order valence-corrected chi connectivity index (χ1v) is 6.56. The van der Waals surface area contributed by atoms with Gasteiger partial charge >= 0.3 is 0 Å². The molecule has 2 aromatic rings. The van der Waals surface area contributed by atoms with Gasteiger partial charge in [0.05, 0.1) is 0 Å². The lowest BCUT2D eigenvalue weighted by Gasteiger charge is -2.14. The number of hydrogen-bond donors (Lipinski definition) is 1. The highest BCUT2D eigenvalue weighted by molar-refractivity contribution is 5.94. The van der Waals surface area contributed by atoms with E-state index < -0.39 is 0 Å². The van der Waals surface area contributed by atoms with Crippen LogP contribution in [0.1, 0.15) is 35.7 Å². The van der Waals surface area contributed by atoms with Crippen molar-refractivity contribution < 1.29 is 4.79 Å². The zero-order chi connectivity index (χ0) is 13.7. The number of carbonyl (C=O) groups excluding carboxylic acids is 1. The van der Waals surface area contributed by atoms with Gasteiger partial charge < -0.3 is 5.32 Å². The first-order chi connectivity index (χ1) is 9.16. The Morgan fingerprint density at radius 3 is 2.26 bits per heavy atom. The number of Topliss-reactive ketones (excluding diaryl/α,β-unsaturated/α-hetero) is 1. The van der Waals surface area contributed by atoms with Crippen LogP contribution in [0.3, 0.4) is 0 Å². The molecule has 0 bridgehead atoms. The van der Waals surface area contributed by atoms with Crippen molar-refractivity contribution in [3.05, 3.63) is 65.7 Å². The molecule has 0 saturated carbocycles. The Morgan fingerprint density at radius 1 is 1.05 bits per heavy atom. The Kier molecular flexibility index (Phi) is 4.35. The van der Waals surface area contributed by atoms with Gasteiger partial charge in [0.25, 0.3) is 0 Å². The molecule has 2 heteroatoms. The summed E-state index contributed by atoms with van der Waals surface area (Å²) in [6, 6.07) is 18.1. The zero-order valence-corrected chi connectivity index (χ0v) is 11.4. The minimum Gasteiger partial charge on any atom is -0.384 e. The molecule has 0 unspecified atom stereocenters. The molecular formula is C17H19NO. The molecule has 0 aliphatic rings. The number of rotatable bonds is 5. The van der Waals surface area contributed by atoms with E-state index in [2.05, 4.69) is 36.5 Å². The average molecular weight is 253 g/mol. The highest BCUT2D eigenvalue weighted by Crippen LogP contribution is 2.16. The van der Waals surface area contributed by atoms with Gasteiger partial charge in [0, 0.05) is 17.8 Å². The second-order valence-electron chi connectivity index (χ2n) is 4.83. The first kappa shape index (κ1) is 13.3. The van der Waals surface area contributed by atoms with Gasteiger partial charge in [0.2, 0.25) is 0 Å². The molecular weight excluding hydrogens is 234 g/mol. The number of ketones is 1. The molecule has 0 saturated heterocycles. The summed E-state index contributed by atoms with van der Waals surface area (Å²) >= 11 is 0. The van der Waals surface area contributed by atoms with E-state index >= 15 is 0 Å². The van der Waals surface area contributed by atoms with Crippen LogP contribution in [-0.4, -0.2) is 12.3 Å². The molecule has 19 heavy (non-hydrogen) atoms. The first-order valence-electron chi connectivity index (χ1n) is 6.56. The Balaban J connectivity index is 1.93. The van der Waals surface area contributed by atoms with Crippen LogP contribution in [0, 0.1) is 0 Å². The summed E-state index contributed by atoms with van der Waals surface area (Å²) < 4.78 is 0. The van der Waals surface area contributed by atoms with Crippen molar-refractivity contribution >= 4 is 11.5 Å². The second kappa shape index (κ2) is 6.19. The highest BCUT2D eigenvalue weighted by atomic mass is 16.1. The third kappa shape index (κ3) is 3.68. The van der Waals surface area contributed by atoms with E-state index in [1.165, 1.54) is 5.56 Å². The Morgan fingerprint density at radius 2 is 1.68 bits per heavy atom. The van der Waals surface area contributed by atoms with Crippen molar-refractivity contribution in [3.63, 3.8) is 0 Å². The van der Waals surface area contributed by atoms with Crippen molar-refractivity contribution in [1.29, 1.82) is 0 Å². The summed E-state index contributed by atoms with van der Waals surface area (Å²) in [4.78, 5) is 11.2. The van der Waals surface area contributed by atoms with E-state index in [9.17, 15) is 4.79 Å². The SMILES string of the molecule is CC(=O)c1ccc(NC[C@@H](C)c2ccccc2)cc1. The van der Waals surface area contributed by atoms with Gasteiger partial charge in [-0.05, 0) is 42.7 Å². The van der Waals surface area contributed by atoms with Gasteiger partial charge in [0.15, 0.2) is 5.78 Å². The van der Waals surface area contributed by atoms with Crippen LogP contribution in [0.2, 0.25) is 0 Å². The molecule has 0 radical (unpaired) electrons. The Hall–Kier alpha value is -2.09. The molecule has 1 N–H and O–H groups in total. The normalized spacial score (nSPS) is 11.9. The smallest absolute Gasteiger partial charge is 0.159 e. The van der Waals surface area contributed by atoms with E-state index in [1.54, 1.807) is 6.92 Å². The molecule has 0 heterocycles. The lowest BCUT2D eigenvalue weighted by Crippen LogP contribution is -2.09. The van der Waals surface area contributed by atoms with Crippen LogP contribution in [0.4, 0.5) is 5.69 Å². The average Bonchev–Trinajstić information content (AvgIpc) is 2.46. The third-order valence-corrected chi connectivity index (χ3v) is 3.27. The van der Waals surface area contributed by atoms with E-state index in [1.807, 2.05) is 30.3 Å². The van der Waals surface area contributed by atoms with Crippen LogP contribution in [0.5, 0.6) is 0 Å². The van der Waals surface area contributed by atoms with Gasteiger partial charge in [-0.3, -0.25) is 4.79 Å². The molecule has 0 aliphatic carbocycles. The van der Waals surface area contributed by atoms with Crippen LogP contribution in [0.25, 0.3) is 0 Å². The summed E-state index contributed by atoms with van der Waals surface area (Å²) in [6.45, 7) is 4.66. The predicted molar refractivity (Wildman–Crippen MR) is 79.8 cm³/mol. The maximum Gasteiger partial charge on any atom is 0.159 e. The summed E-state index contributed by atoms with van der Waals surface area (Å²) in [5.41, 5.74) is 3.13. The largest absolute Gasteiger partial charge is 0.384 e. The van der Waals surface area contributed by atoms with E-state index in [-0.39, 0.29) is 5.78 Å². The van der Waals surface area contributed by atoms with Crippen LogP contribution < -0.4 is 5.32 Å². The van der Waals surface area contributed by atoms with E-state index in [0.29, 0.717) is 5.92 Å². The van der Waals surface area contributed by atoms with Gasteiger partial charge in [-0.2, -0.15) is 0 Å². The number of hydrogen-bond acceptors (Lipinski definition) is 2. The van der Waals surface area contributed by atoms with Gasteiger partial charge in [0.1, 0.15) is 0 Å². The molecule has 2 nitrogen and oxygen atoms in total. The molecule has 0 aliphatic heterocycles. The fourth-order valence-electron chi connectivity index (χ4n) is 1.99. The van der Waals surface area contributed by atoms with Crippen LogP contribution in [0.15, 0.2) is 54.6 Å². The standard InChI is InChI=1S/C17H19NO/c1-13(15-6-4-3-5-7-15)12-18-17-10-8-16(9-11-17)14(2)19/h3-11,13,18H,12H2,1-2H3/t13-/m1/s1. The quantitative estimate of drug-likeness (QED) is 0.813. The highest BCUT2D eigenvalue weighted by Gasteiger charge is 2.04. The van der Waals surface area contributed by atoms with Crippen molar-refractivity contribution in [2.45, 2.75) is 19.8 Å². The molecule has 98 valence electrons. The fraction of sp³-hybridized carbons (Fsp3) is 0.235. The summed E-state index contributed by atoms with van der Waals surface area (Å²) in [6.07, 6.45) is 0. The molecule has 2 aromatic carbocycles. The Bertz CT molecular complexity index is 531. The number of carbonyl (C=O) groups is 1. The van der Waals surface area contributed by atoms with Gasteiger partial charge in [-0.15, -0.1) is 0 Å². The number of benzene rings is 2. The summed E-state index contributed by atoms with van der Waals surface area (Å²) in [7, 11) is 0. The molecule has 2 rings (SSSR count). The fourth-order valence-corrected chi connectivity index (χ4v) is 1.99. The van der Waals surface area contributed by atoms with Crippen molar-refractivity contribution in [1.82, 2.24) is 0 Å². The third-order valence-electron chi connectivity index (χ3n) is 3.27. The minimum atomic E-state index is 0.101. The van der Waals surface area contributed by atoms with Gasteiger partial charge in [-0.25, -0.2) is 0 Å². The van der Waals surface area contributed by atoms with Crippen molar-refractivity contribution in [2.75, 3.05) is 11.9 Å². The molecule has 0 amide bonds.